The van der Waals surface area contributed by atoms with Crippen LogP contribution in [0.3, 0.4) is 0 Å². The van der Waals surface area contributed by atoms with Gasteiger partial charge in [-0.2, -0.15) is 0 Å². The van der Waals surface area contributed by atoms with Crippen LogP contribution in [-0.2, 0) is 0 Å². The van der Waals surface area contributed by atoms with Gasteiger partial charge in [-0.05, 0) is 36.1 Å². The van der Waals surface area contributed by atoms with E-state index in [1.165, 1.54) is 0 Å². The lowest BCUT2D eigenvalue weighted by Gasteiger charge is -2.17. The third-order valence-electron chi connectivity index (χ3n) is 2.65. The summed E-state index contributed by atoms with van der Waals surface area (Å²) in [5.41, 5.74) is 1.93. The van der Waals surface area contributed by atoms with Crippen LogP contribution in [0.2, 0.25) is 0 Å². The highest BCUT2D eigenvalue weighted by Crippen LogP contribution is 2.31. The van der Waals surface area contributed by atoms with Crippen molar-refractivity contribution in [3.05, 3.63) is 29.3 Å². The van der Waals surface area contributed by atoms with Gasteiger partial charge in [-0.25, -0.2) is 0 Å². The molecule has 0 aliphatic carbocycles. The molecule has 1 aromatic carbocycles. The van der Waals surface area contributed by atoms with Gasteiger partial charge in [0, 0.05) is 0 Å². The molecule has 0 heterocycles. The van der Waals surface area contributed by atoms with Gasteiger partial charge in [0.25, 0.3) is 0 Å². The maximum Gasteiger partial charge on any atom is 0.122 e. The summed E-state index contributed by atoms with van der Waals surface area (Å²) in [6.07, 6.45) is -0.634. The summed E-state index contributed by atoms with van der Waals surface area (Å²) in [7, 11) is 1.65. The number of hydrogen-bond acceptors (Lipinski definition) is 2. The number of alkyl halides is 1. The van der Waals surface area contributed by atoms with E-state index in [9.17, 15) is 5.11 Å². The van der Waals surface area contributed by atoms with Gasteiger partial charge in [-0.3, -0.25) is 0 Å². The van der Waals surface area contributed by atoms with E-state index in [4.69, 9.17) is 16.3 Å². The second-order valence-electron chi connectivity index (χ2n) is 4.28. The summed E-state index contributed by atoms with van der Waals surface area (Å²) >= 11 is 5.89. The Balaban J connectivity index is 3.11. The van der Waals surface area contributed by atoms with Crippen LogP contribution < -0.4 is 4.74 Å². The number of aliphatic hydroxyl groups excluding tert-OH is 1. The van der Waals surface area contributed by atoms with Crippen molar-refractivity contribution in [3.8, 4) is 5.75 Å². The SMILES string of the molecule is COc1ccc(C(O)C(C)Cl)cc1C(C)C. The summed E-state index contributed by atoms with van der Waals surface area (Å²) in [5.74, 6) is 1.21. The lowest BCUT2D eigenvalue weighted by atomic mass is 9.96. The molecule has 2 nitrogen and oxygen atoms in total. The van der Waals surface area contributed by atoms with Gasteiger partial charge in [0.1, 0.15) is 5.75 Å². The quantitative estimate of drug-likeness (QED) is 0.820. The van der Waals surface area contributed by atoms with Crippen molar-refractivity contribution in [1.29, 1.82) is 0 Å². The van der Waals surface area contributed by atoms with Crippen molar-refractivity contribution in [1.82, 2.24) is 0 Å². The predicted molar refractivity (Wildman–Crippen MR) is 67.4 cm³/mol. The normalized spacial score (nSPS) is 14.9. The first-order valence-electron chi connectivity index (χ1n) is 5.47. The van der Waals surface area contributed by atoms with E-state index < -0.39 is 6.10 Å². The van der Waals surface area contributed by atoms with E-state index in [-0.39, 0.29) is 5.38 Å². The molecule has 90 valence electrons. The summed E-state index contributed by atoms with van der Waals surface area (Å²) in [5, 5.41) is 9.60. The van der Waals surface area contributed by atoms with Gasteiger partial charge in [0.05, 0.1) is 18.6 Å². The van der Waals surface area contributed by atoms with Crippen LogP contribution in [0.4, 0.5) is 0 Å². The molecule has 0 saturated carbocycles. The van der Waals surface area contributed by atoms with Crippen LogP contribution in [0.5, 0.6) is 5.75 Å². The Morgan fingerprint density at radius 1 is 1.25 bits per heavy atom. The first kappa shape index (κ1) is 13.3. The Bertz CT molecular complexity index is 348. The molecular weight excluding hydrogens is 224 g/mol. The molecule has 0 bridgehead atoms. The Morgan fingerprint density at radius 3 is 2.31 bits per heavy atom. The number of halogens is 1. The second-order valence-corrected chi connectivity index (χ2v) is 4.97. The van der Waals surface area contributed by atoms with Gasteiger partial charge < -0.3 is 9.84 Å². The average molecular weight is 243 g/mol. The average Bonchev–Trinajstić information content (AvgIpc) is 2.26. The first-order chi connectivity index (χ1) is 7.47. The van der Waals surface area contributed by atoms with E-state index in [0.29, 0.717) is 5.92 Å². The summed E-state index contributed by atoms with van der Waals surface area (Å²) in [4.78, 5) is 0. The molecule has 0 saturated heterocycles. The summed E-state index contributed by atoms with van der Waals surface area (Å²) < 4.78 is 5.29. The lowest BCUT2D eigenvalue weighted by molar-refractivity contribution is 0.177. The highest BCUT2D eigenvalue weighted by atomic mass is 35.5. The lowest BCUT2D eigenvalue weighted by Crippen LogP contribution is -2.09. The molecule has 3 heteroatoms. The number of aliphatic hydroxyl groups is 1. The predicted octanol–water partition coefficient (Wildman–Crippen LogP) is 3.48. The minimum absolute atomic E-state index is 0.298. The van der Waals surface area contributed by atoms with Crippen molar-refractivity contribution in [2.24, 2.45) is 0 Å². The van der Waals surface area contributed by atoms with Crippen LogP contribution in [-0.4, -0.2) is 17.6 Å². The molecule has 2 unspecified atom stereocenters. The molecule has 1 rings (SSSR count). The van der Waals surface area contributed by atoms with Gasteiger partial charge in [0.2, 0.25) is 0 Å². The van der Waals surface area contributed by atoms with Gasteiger partial charge in [0.15, 0.2) is 0 Å². The minimum Gasteiger partial charge on any atom is -0.496 e. The zero-order valence-electron chi connectivity index (χ0n) is 10.2. The minimum atomic E-state index is -0.634. The van der Waals surface area contributed by atoms with Crippen molar-refractivity contribution >= 4 is 11.6 Å². The molecule has 0 radical (unpaired) electrons. The van der Waals surface area contributed by atoms with Crippen molar-refractivity contribution in [2.45, 2.75) is 38.2 Å². The molecule has 1 N–H and O–H groups in total. The largest absolute Gasteiger partial charge is 0.496 e. The number of ether oxygens (including phenoxy) is 1. The molecule has 1 aromatic rings. The third-order valence-corrected chi connectivity index (χ3v) is 2.89. The Hall–Kier alpha value is -0.730. The zero-order chi connectivity index (χ0) is 12.3. The fourth-order valence-electron chi connectivity index (χ4n) is 1.65. The molecule has 2 atom stereocenters. The Morgan fingerprint density at radius 2 is 1.88 bits per heavy atom. The summed E-state index contributed by atoms with van der Waals surface area (Å²) in [6.45, 7) is 5.97. The van der Waals surface area contributed by atoms with Crippen molar-refractivity contribution in [3.63, 3.8) is 0 Å². The topological polar surface area (TPSA) is 29.5 Å². The van der Waals surface area contributed by atoms with Crippen molar-refractivity contribution in [2.75, 3.05) is 7.11 Å². The highest BCUT2D eigenvalue weighted by Gasteiger charge is 2.16. The van der Waals surface area contributed by atoms with E-state index in [2.05, 4.69) is 13.8 Å². The molecule has 0 aliphatic rings. The van der Waals surface area contributed by atoms with E-state index in [1.807, 2.05) is 18.2 Å². The zero-order valence-corrected chi connectivity index (χ0v) is 11.0. The van der Waals surface area contributed by atoms with E-state index in [0.717, 1.165) is 16.9 Å². The van der Waals surface area contributed by atoms with Gasteiger partial charge >= 0.3 is 0 Å². The van der Waals surface area contributed by atoms with Crippen LogP contribution >= 0.6 is 11.6 Å². The molecule has 0 spiro atoms. The second kappa shape index (κ2) is 5.55. The molecule has 0 aliphatic heterocycles. The third kappa shape index (κ3) is 2.89. The number of methoxy groups -OCH3 is 1. The smallest absolute Gasteiger partial charge is 0.122 e. The molecule has 0 aromatic heterocycles. The van der Waals surface area contributed by atoms with Crippen molar-refractivity contribution < 1.29 is 9.84 Å². The summed E-state index contributed by atoms with van der Waals surface area (Å²) in [6, 6.07) is 5.70. The number of hydrogen-bond donors (Lipinski definition) is 1. The first-order valence-corrected chi connectivity index (χ1v) is 5.91. The van der Waals surface area contributed by atoms with Crippen LogP contribution in [0, 0.1) is 0 Å². The van der Waals surface area contributed by atoms with E-state index in [1.54, 1.807) is 14.0 Å². The molecule has 16 heavy (non-hydrogen) atoms. The maximum atomic E-state index is 9.89. The fourth-order valence-corrected chi connectivity index (χ4v) is 1.80. The van der Waals surface area contributed by atoms with Crippen LogP contribution in [0.1, 0.15) is 43.9 Å². The van der Waals surface area contributed by atoms with Gasteiger partial charge in [-0.15, -0.1) is 11.6 Å². The maximum absolute atomic E-state index is 9.89. The highest BCUT2D eigenvalue weighted by molar-refractivity contribution is 6.20. The fraction of sp³-hybridized carbons (Fsp3) is 0.538. The molecular formula is C13H19ClO2. The monoisotopic (exact) mass is 242 g/mol. The van der Waals surface area contributed by atoms with Crippen LogP contribution in [0.25, 0.3) is 0 Å². The Kier molecular flexibility index (Phi) is 4.63. The molecule has 0 amide bonds. The molecule has 0 fully saturated rings. The van der Waals surface area contributed by atoms with Gasteiger partial charge in [-0.1, -0.05) is 19.9 Å². The Labute approximate surface area is 102 Å². The standard InChI is InChI=1S/C13H19ClO2/c1-8(2)11-7-10(13(15)9(3)14)5-6-12(11)16-4/h5-9,13,15H,1-4H3. The number of benzene rings is 1. The van der Waals surface area contributed by atoms with Crippen LogP contribution in [0.15, 0.2) is 18.2 Å². The van der Waals surface area contributed by atoms with E-state index >= 15 is 0 Å². The number of rotatable bonds is 4.